The van der Waals surface area contributed by atoms with Gasteiger partial charge in [0.1, 0.15) is 12.1 Å². The van der Waals surface area contributed by atoms with Gasteiger partial charge >= 0.3 is 5.97 Å². The zero-order valence-corrected chi connectivity index (χ0v) is 20.7. The molecular weight excluding hydrogens is 501 g/mol. The third-order valence-electron chi connectivity index (χ3n) is 5.26. The van der Waals surface area contributed by atoms with E-state index in [0.29, 0.717) is 22.4 Å². The number of rotatable bonds is 7. The quantitative estimate of drug-likeness (QED) is 0.315. The highest BCUT2D eigenvalue weighted by Gasteiger charge is 2.27. The van der Waals surface area contributed by atoms with Crippen LogP contribution in [-0.4, -0.2) is 28.3 Å². The first kappa shape index (κ1) is 25.2. The molecule has 0 aliphatic rings. The molecule has 0 saturated heterocycles. The smallest absolute Gasteiger partial charge is 0.344 e. The normalized spacial score (nSPS) is 10.6. The molecule has 0 spiro atoms. The van der Waals surface area contributed by atoms with E-state index in [-0.39, 0.29) is 27.9 Å². The van der Waals surface area contributed by atoms with E-state index < -0.39 is 24.0 Å². The molecule has 0 bridgehead atoms. The van der Waals surface area contributed by atoms with Crippen LogP contribution in [-0.2, 0) is 16.1 Å². The standard InChI is InChI=1S/C27H21Cl2N3O4/c1-2-36-27(35)23-22(17-10-5-3-6-11-17)25(18-12-7-4-8-13-18)31-32(26(23)34)16-21(33)30-20-15-9-14-19(28)24(20)29/h3-15H,2,16H2,1H3,(H,30,33). The van der Waals surface area contributed by atoms with Gasteiger partial charge in [-0.3, -0.25) is 9.59 Å². The lowest BCUT2D eigenvalue weighted by Crippen LogP contribution is -2.35. The number of nitrogens with one attached hydrogen (secondary N) is 1. The zero-order valence-electron chi connectivity index (χ0n) is 19.2. The summed E-state index contributed by atoms with van der Waals surface area (Å²) in [5.41, 5.74) is 1.31. The van der Waals surface area contributed by atoms with Crippen LogP contribution in [0.3, 0.4) is 0 Å². The summed E-state index contributed by atoms with van der Waals surface area (Å²) < 4.78 is 6.19. The lowest BCUT2D eigenvalue weighted by molar-refractivity contribution is -0.117. The van der Waals surface area contributed by atoms with Crippen molar-refractivity contribution in [2.75, 3.05) is 11.9 Å². The van der Waals surface area contributed by atoms with Crippen molar-refractivity contribution in [1.82, 2.24) is 9.78 Å². The number of esters is 1. The average Bonchev–Trinajstić information content (AvgIpc) is 2.88. The fourth-order valence-electron chi connectivity index (χ4n) is 3.68. The second-order valence-electron chi connectivity index (χ2n) is 7.66. The predicted octanol–water partition coefficient (Wildman–Crippen LogP) is 5.70. The monoisotopic (exact) mass is 521 g/mol. The Kier molecular flexibility index (Phi) is 7.83. The number of hydrogen-bond acceptors (Lipinski definition) is 5. The van der Waals surface area contributed by atoms with Gasteiger partial charge in [-0.05, 0) is 24.6 Å². The maximum Gasteiger partial charge on any atom is 0.344 e. The second-order valence-corrected chi connectivity index (χ2v) is 8.45. The van der Waals surface area contributed by atoms with Gasteiger partial charge in [-0.15, -0.1) is 0 Å². The Bertz CT molecular complexity index is 1470. The Labute approximate surface area is 217 Å². The summed E-state index contributed by atoms with van der Waals surface area (Å²) in [6, 6.07) is 22.9. The number of halogens is 2. The number of benzene rings is 3. The van der Waals surface area contributed by atoms with Gasteiger partial charge in [-0.2, -0.15) is 5.10 Å². The molecule has 0 unspecified atom stereocenters. The maximum atomic E-state index is 13.5. The van der Waals surface area contributed by atoms with Crippen LogP contribution < -0.4 is 10.9 Å². The number of hydrogen-bond donors (Lipinski definition) is 1. The van der Waals surface area contributed by atoms with Gasteiger partial charge < -0.3 is 10.1 Å². The molecule has 36 heavy (non-hydrogen) atoms. The lowest BCUT2D eigenvalue weighted by Gasteiger charge is -2.17. The van der Waals surface area contributed by atoms with Crippen LogP contribution >= 0.6 is 23.2 Å². The molecule has 1 aromatic heterocycles. The van der Waals surface area contributed by atoms with Crippen molar-refractivity contribution in [3.63, 3.8) is 0 Å². The first-order chi connectivity index (χ1) is 17.4. The van der Waals surface area contributed by atoms with Crippen molar-refractivity contribution in [3.05, 3.63) is 105 Å². The molecule has 1 amide bonds. The average molecular weight is 522 g/mol. The highest BCUT2D eigenvalue weighted by Crippen LogP contribution is 2.33. The van der Waals surface area contributed by atoms with Crippen LogP contribution in [0.2, 0.25) is 10.0 Å². The van der Waals surface area contributed by atoms with Crippen LogP contribution in [0.25, 0.3) is 22.4 Å². The molecule has 0 aliphatic carbocycles. The molecule has 0 saturated carbocycles. The van der Waals surface area contributed by atoms with Crippen LogP contribution in [0.15, 0.2) is 83.7 Å². The molecule has 7 nitrogen and oxygen atoms in total. The molecule has 4 rings (SSSR count). The third kappa shape index (κ3) is 5.32. The minimum atomic E-state index is -0.798. The van der Waals surface area contributed by atoms with Crippen LogP contribution in [0, 0.1) is 0 Å². The molecule has 4 aromatic rings. The maximum absolute atomic E-state index is 13.5. The number of anilines is 1. The van der Waals surface area contributed by atoms with E-state index in [9.17, 15) is 14.4 Å². The largest absolute Gasteiger partial charge is 0.462 e. The van der Waals surface area contributed by atoms with Crippen molar-refractivity contribution in [2.24, 2.45) is 0 Å². The summed E-state index contributed by atoms with van der Waals surface area (Å²) >= 11 is 12.2. The number of aromatic nitrogens is 2. The van der Waals surface area contributed by atoms with E-state index in [1.165, 1.54) is 0 Å². The van der Waals surface area contributed by atoms with Gasteiger partial charge in [0, 0.05) is 11.1 Å². The van der Waals surface area contributed by atoms with Crippen LogP contribution in [0.4, 0.5) is 5.69 Å². The number of nitrogens with zero attached hydrogens (tertiary/aromatic N) is 2. The Morgan fingerprint density at radius 3 is 2.19 bits per heavy atom. The molecule has 1 N–H and O–H groups in total. The second kappa shape index (κ2) is 11.2. The Hall–Kier alpha value is -3.94. The molecule has 0 aliphatic heterocycles. The van der Waals surface area contributed by atoms with Crippen LogP contribution in [0.1, 0.15) is 17.3 Å². The van der Waals surface area contributed by atoms with E-state index in [1.807, 2.05) is 36.4 Å². The van der Waals surface area contributed by atoms with Crippen molar-refractivity contribution < 1.29 is 14.3 Å². The number of amides is 1. The van der Waals surface area contributed by atoms with E-state index in [4.69, 9.17) is 27.9 Å². The predicted molar refractivity (Wildman–Crippen MR) is 140 cm³/mol. The van der Waals surface area contributed by atoms with Gasteiger partial charge in [0.25, 0.3) is 5.56 Å². The van der Waals surface area contributed by atoms with Gasteiger partial charge in [-0.25, -0.2) is 9.48 Å². The molecule has 9 heteroatoms. The molecular formula is C27H21Cl2N3O4. The summed E-state index contributed by atoms with van der Waals surface area (Å²) in [6.07, 6.45) is 0. The number of carbonyl (C=O) groups excluding carboxylic acids is 2. The minimum absolute atomic E-state index is 0.0727. The first-order valence-corrected chi connectivity index (χ1v) is 11.8. The number of carbonyl (C=O) groups is 2. The van der Waals surface area contributed by atoms with E-state index in [2.05, 4.69) is 10.4 Å². The summed E-state index contributed by atoms with van der Waals surface area (Å²) in [5, 5.41) is 7.60. The highest BCUT2D eigenvalue weighted by atomic mass is 35.5. The molecule has 0 fully saturated rings. The van der Waals surface area contributed by atoms with Gasteiger partial charge in [0.15, 0.2) is 0 Å². The SMILES string of the molecule is CCOC(=O)c1c(-c2ccccc2)c(-c2ccccc2)nn(CC(=O)Nc2cccc(Cl)c2Cl)c1=O. The van der Waals surface area contributed by atoms with Crippen molar-refractivity contribution in [2.45, 2.75) is 13.5 Å². The zero-order chi connectivity index (χ0) is 25.7. The lowest BCUT2D eigenvalue weighted by atomic mass is 9.95. The fraction of sp³-hybridized carbons (Fsp3) is 0.111. The van der Waals surface area contributed by atoms with E-state index in [1.54, 1.807) is 49.4 Å². The van der Waals surface area contributed by atoms with Crippen molar-refractivity contribution in [3.8, 4) is 22.4 Å². The highest BCUT2D eigenvalue weighted by molar-refractivity contribution is 6.44. The Balaban J connectivity index is 1.88. The fourth-order valence-corrected chi connectivity index (χ4v) is 4.03. The van der Waals surface area contributed by atoms with E-state index in [0.717, 1.165) is 4.68 Å². The van der Waals surface area contributed by atoms with Crippen molar-refractivity contribution >= 4 is 40.8 Å². The van der Waals surface area contributed by atoms with Crippen molar-refractivity contribution in [1.29, 1.82) is 0 Å². The summed E-state index contributed by atoms with van der Waals surface area (Å²) in [5.74, 6) is -1.37. The topological polar surface area (TPSA) is 90.3 Å². The van der Waals surface area contributed by atoms with Gasteiger partial charge in [0.2, 0.25) is 5.91 Å². The Morgan fingerprint density at radius 2 is 1.56 bits per heavy atom. The molecule has 182 valence electrons. The summed E-state index contributed by atoms with van der Waals surface area (Å²) in [6.45, 7) is 1.26. The molecule has 0 radical (unpaired) electrons. The van der Waals surface area contributed by atoms with Gasteiger partial charge in [-0.1, -0.05) is 89.9 Å². The number of ether oxygens (including phenoxy) is 1. The van der Waals surface area contributed by atoms with Gasteiger partial charge in [0.05, 0.1) is 28.0 Å². The first-order valence-electron chi connectivity index (χ1n) is 11.1. The Morgan fingerprint density at radius 1 is 0.917 bits per heavy atom. The summed E-state index contributed by atoms with van der Waals surface area (Å²) in [4.78, 5) is 39.5. The third-order valence-corrected chi connectivity index (χ3v) is 6.08. The molecule has 3 aromatic carbocycles. The molecule has 1 heterocycles. The van der Waals surface area contributed by atoms with E-state index >= 15 is 0 Å². The minimum Gasteiger partial charge on any atom is -0.462 e. The van der Waals surface area contributed by atoms with Crippen LogP contribution in [0.5, 0.6) is 0 Å². The molecule has 0 atom stereocenters. The summed E-state index contributed by atoms with van der Waals surface area (Å²) in [7, 11) is 0.